The van der Waals surface area contributed by atoms with Crippen LogP contribution in [0.25, 0.3) is 0 Å². The molecule has 5 saturated carbocycles. The van der Waals surface area contributed by atoms with Gasteiger partial charge in [-0.3, -0.25) is 0 Å². The molecule has 5 nitrogen and oxygen atoms in total. The van der Waals surface area contributed by atoms with Gasteiger partial charge in [-0.15, -0.1) is 0 Å². The minimum atomic E-state index is -0.690. The van der Waals surface area contributed by atoms with Gasteiger partial charge in [-0.25, -0.2) is 0 Å². The third kappa shape index (κ3) is 3.38. The summed E-state index contributed by atoms with van der Waals surface area (Å²) < 4.78 is 0. The number of hydrogen-bond donors (Lipinski definition) is 3. The Balaban J connectivity index is 1.57. The van der Waals surface area contributed by atoms with Crippen LogP contribution in [0.15, 0.2) is 5.18 Å². The van der Waals surface area contributed by atoms with Gasteiger partial charge in [-0.05, 0) is 128 Å². The van der Waals surface area contributed by atoms with Gasteiger partial charge in [-0.2, -0.15) is 4.91 Å². The Kier molecular flexibility index (Phi) is 6.08. The number of nitroso groups, excluding NO2 is 1. The van der Waals surface area contributed by atoms with Crippen molar-refractivity contribution in [2.75, 3.05) is 0 Å². The predicted octanol–water partition coefficient (Wildman–Crippen LogP) is 6.72. The molecule has 0 spiro atoms. The molecule has 0 aromatic carbocycles. The molecule has 0 bridgehead atoms. The molecule has 0 aromatic heterocycles. The standard InChI is InChI=1S/C32H55NO4/c1-26(2)23(35)11-13-30(7)24(26)20(33-37)16-22-29(30,6)14-15-31(8)25(21(34)18-32(22,31)9)28(5)12-10-19(17-28)27(3,4)36/h19-25,34-36H,10-18H2,1-9H3/t19-,20+,21+,22-,23+,24?,25-,28+,29-,30+,31-,32+/m1/s1. The summed E-state index contributed by atoms with van der Waals surface area (Å²) in [6.07, 6.45) is 7.75. The number of hydrogen-bond acceptors (Lipinski definition) is 5. The van der Waals surface area contributed by atoms with E-state index in [2.05, 4.69) is 53.6 Å². The van der Waals surface area contributed by atoms with Crippen molar-refractivity contribution in [1.29, 1.82) is 0 Å². The van der Waals surface area contributed by atoms with E-state index in [4.69, 9.17) is 0 Å². The van der Waals surface area contributed by atoms with E-state index in [9.17, 15) is 20.2 Å². The van der Waals surface area contributed by atoms with E-state index in [1.54, 1.807) is 0 Å². The first-order chi connectivity index (χ1) is 16.8. The Morgan fingerprint density at radius 3 is 1.92 bits per heavy atom. The zero-order valence-electron chi connectivity index (χ0n) is 25.1. The number of aliphatic hydroxyl groups is 3. The molecule has 0 aromatic rings. The van der Waals surface area contributed by atoms with E-state index in [0.717, 1.165) is 57.8 Å². The van der Waals surface area contributed by atoms with Crippen LogP contribution in [-0.4, -0.2) is 39.2 Å². The summed E-state index contributed by atoms with van der Waals surface area (Å²) in [5.41, 5.74) is -1.19. The van der Waals surface area contributed by atoms with Gasteiger partial charge in [0.05, 0.1) is 23.9 Å². The molecule has 5 fully saturated rings. The molecular formula is C32H55NO4. The number of fused-ring (bicyclic) bond motifs is 5. The molecule has 0 aliphatic heterocycles. The van der Waals surface area contributed by atoms with Gasteiger partial charge < -0.3 is 15.3 Å². The van der Waals surface area contributed by atoms with Crippen molar-refractivity contribution >= 4 is 0 Å². The summed E-state index contributed by atoms with van der Waals surface area (Å²) in [5.74, 6) is 0.837. The molecule has 37 heavy (non-hydrogen) atoms. The predicted molar refractivity (Wildman–Crippen MR) is 148 cm³/mol. The van der Waals surface area contributed by atoms with E-state index in [-0.39, 0.29) is 62.4 Å². The van der Waals surface area contributed by atoms with E-state index in [1.807, 2.05) is 13.8 Å². The van der Waals surface area contributed by atoms with Crippen LogP contribution < -0.4 is 0 Å². The Morgan fingerprint density at radius 1 is 0.757 bits per heavy atom. The maximum Gasteiger partial charge on any atom is 0.0962 e. The average molecular weight is 518 g/mol. The van der Waals surface area contributed by atoms with E-state index < -0.39 is 11.7 Å². The van der Waals surface area contributed by atoms with Gasteiger partial charge in [0.15, 0.2) is 0 Å². The molecule has 1 unspecified atom stereocenters. The van der Waals surface area contributed by atoms with E-state index in [0.29, 0.717) is 5.92 Å². The molecule has 5 rings (SSSR count). The van der Waals surface area contributed by atoms with Crippen LogP contribution in [0.5, 0.6) is 0 Å². The minimum Gasteiger partial charge on any atom is -0.393 e. The third-order valence-electron chi connectivity index (χ3n) is 14.8. The van der Waals surface area contributed by atoms with Crippen LogP contribution in [-0.2, 0) is 0 Å². The highest BCUT2D eigenvalue weighted by molar-refractivity contribution is 5.24. The molecule has 0 amide bonds. The van der Waals surface area contributed by atoms with Crippen LogP contribution in [0.3, 0.4) is 0 Å². The largest absolute Gasteiger partial charge is 0.393 e. The average Bonchev–Trinajstić information content (AvgIpc) is 3.27. The van der Waals surface area contributed by atoms with Crippen molar-refractivity contribution in [2.24, 2.45) is 61.3 Å². The van der Waals surface area contributed by atoms with Crippen molar-refractivity contribution in [1.82, 2.24) is 0 Å². The zero-order valence-corrected chi connectivity index (χ0v) is 25.1. The fourth-order valence-corrected chi connectivity index (χ4v) is 12.6. The number of nitrogens with zero attached hydrogens (tertiary/aromatic N) is 1. The summed E-state index contributed by atoms with van der Waals surface area (Å²) in [4.78, 5) is 12.5. The first-order valence-corrected chi connectivity index (χ1v) is 15.2. The lowest BCUT2D eigenvalue weighted by atomic mass is 9.32. The molecule has 5 aliphatic carbocycles. The van der Waals surface area contributed by atoms with Crippen LogP contribution >= 0.6 is 0 Å². The normalized spacial score (nSPS) is 57.4. The second-order valence-electron chi connectivity index (χ2n) is 17.0. The Hall–Kier alpha value is -0.520. The molecule has 5 aliphatic rings. The highest BCUT2D eigenvalue weighted by Crippen LogP contribution is 2.80. The molecule has 0 saturated heterocycles. The van der Waals surface area contributed by atoms with Crippen molar-refractivity contribution in [3.05, 3.63) is 4.91 Å². The summed E-state index contributed by atoms with van der Waals surface area (Å²) in [7, 11) is 0. The second kappa shape index (κ2) is 8.03. The minimum absolute atomic E-state index is 0.00465. The fraction of sp³-hybridized carbons (Fsp3) is 1.00. The third-order valence-corrected chi connectivity index (χ3v) is 14.8. The maximum atomic E-state index is 12.5. The van der Waals surface area contributed by atoms with Crippen LogP contribution in [0.1, 0.15) is 120 Å². The quantitative estimate of drug-likeness (QED) is 0.363. The van der Waals surface area contributed by atoms with E-state index >= 15 is 0 Å². The van der Waals surface area contributed by atoms with Crippen LogP contribution in [0.2, 0.25) is 0 Å². The first kappa shape index (κ1) is 28.0. The number of aliphatic hydroxyl groups excluding tert-OH is 2. The molecule has 0 radical (unpaired) electrons. The summed E-state index contributed by atoms with van der Waals surface area (Å²) in [6.45, 7) is 20.4. The summed E-state index contributed by atoms with van der Waals surface area (Å²) >= 11 is 0. The Labute approximate surface area is 225 Å². The van der Waals surface area contributed by atoms with E-state index in [1.165, 1.54) is 0 Å². The highest BCUT2D eigenvalue weighted by Gasteiger charge is 2.76. The molecule has 212 valence electrons. The summed E-state index contributed by atoms with van der Waals surface area (Å²) in [5, 5.41) is 37.6. The van der Waals surface area contributed by atoms with Crippen molar-refractivity contribution < 1.29 is 15.3 Å². The van der Waals surface area contributed by atoms with Gasteiger partial charge >= 0.3 is 0 Å². The molecule has 5 heteroatoms. The lowest BCUT2D eigenvalue weighted by Crippen LogP contribution is -2.69. The highest BCUT2D eigenvalue weighted by atomic mass is 16.3. The molecule has 3 N–H and O–H groups in total. The molecule has 12 atom stereocenters. The monoisotopic (exact) mass is 517 g/mol. The van der Waals surface area contributed by atoms with Gasteiger partial charge in [0.2, 0.25) is 0 Å². The molecular weight excluding hydrogens is 462 g/mol. The van der Waals surface area contributed by atoms with Crippen LogP contribution in [0, 0.1) is 61.1 Å². The van der Waals surface area contributed by atoms with Gasteiger partial charge in [0.1, 0.15) is 0 Å². The van der Waals surface area contributed by atoms with Gasteiger partial charge in [-0.1, -0.05) is 53.6 Å². The zero-order chi connectivity index (χ0) is 27.6. The Morgan fingerprint density at radius 2 is 1.35 bits per heavy atom. The van der Waals surface area contributed by atoms with Crippen molar-refractivity contribution in [2.45, 2.75) is 144 Å². The first-order valence-electron chi connectivity index (χ1n) is 15.2. The lowest BCUT2D eigenvalue weighted by Gasteiger charge is -2.73. The number of rotatable bonds is 3. The van der Waals surface area contributed by atoms with Gasteiger partial charge in [0.25, 0.3) is 0 Å². The second-order valence-corrected chi connectivity index (χ2v) is 17.0. The topological polar surface area (TPSA) is 90.1 Å². The fourth-order valence-electron chi connectivity index (χ4n) is 12.6. The smallest absolute Gasteiger partial charge is 0.0962 e. The van der Waals surface area contributed by atoms with Crippen LogP contribution in [0.4, 0.5) is 0 Å². The summed E-state index contributed by atoms with van der Waals surface area (Å²) in [6, 6.07) is -0.301. The Bertz CT molecular complexity index is 944. The van der Waals surface area contributed by atoms with Crippen molar-refractivity contribution in [3.8, 4) is 0 Å². The lowest BCUT2D eigenvalue weighted by molar-refractivity contribution is -0.251. The SMILES string of the molecule is CC(C)(O)[C@@H]1CC[C@](C)([C@H]2[C@@H](O)C[C@@]3(C)[C@@H]4C[C@H](N=O)C5C(C)(C)[C@@H](O)CC[C@]5(C)[C@]4(C)CC[C@]23C)C1. The van der Waals surface area contributed by atoms with Crippen molar-refractivity contribution in [3.63, 3.8) is 0 Å². The van der Waals surface area contributed by atoms with Gasteiger partial charge in [0, 0.05) is 0 Å². The molecule has 0 heterocycles. The maximum absolute atomic E-state index is 12.5.